The number of aromatic nitrogens is 4. The summed E-state index contributed by atoms with van der Waals surface area (Å²) in [5, 5.41) is 6.05. The van der Waals surface area contributed by atoms with E-state index in [0.717, 1.165) is 69.4 Å². The van der Waals surface area contributed by atoms with Gasteiger partial charge in [0.1, 0.15) is 5.56 Å². The van der Waals surface area contributed by atoms with E-state index >= 15 is 0 Å². The van der Waals surface area contributed by atoms with Crippen LogP contribution < -0.4 is 50.6 Å². The number of anilines is 5. The minimum absolute atomic E-state index is 0. The zero-order chi connectivity index (χ0) is 24.0. The number of pyridine rings is 1. The molecule has 3 aromatic rings. The molecule has 0 spiro atoms. The van der Waals surface area contributed by atoms with Crippen LogP contribution in [0.2, 0.25) is 0 Å². The van der Waals surface area contributed by atoms with Gasteiger partial charge in [-0.15, -0.1) is 12.4 Å². The molecule has 2 aliphatic heterocycles. The first kappa shape index (κ1) is 36.2. The topological polar surface area (TPSA) is 259 Å². The molecular weight excluding hydrogens is 536 g/mol. The predicted octanol–water partition coefficient (Wildman–Crippen LogP) is 5.59. The number of nitrogens with one attached hydrogen (secondary N) is 3. The minimum Gasteiger partial charge on any atom is -0.344 e. The van der Waals surface area contributed by atoms with Gasteiger partial charge in [0.25, 0.3) is 11.5 Å². The van der Waals surface area contributed by atoms with Gasteiger partial charge in [-0.2, -0.15) is 15.0 Å². The Hall–Kier alpha value is -3.82. The number of amides is 1. The standard InChI is InChI=1S/C25H30N8O2.ClH.4H3N.4H2/c34-21-20(8-7-13-26-21)22(35)27-18-9-11-19(12-10-18)28-23-29-24(32-14-3-1-4-15-32)31-25(30-23)33-16-5-2-6-17-33;;;;;;;;;/h7-13H,1-6,14-17H2,(H,26,34)(H,27,35)(H,28,29,30,31);1H;4*1H3;4*1H. The molecule has 0 bridgehead atoms. The van der Waals surface area contributed by atoms with E-state index in [1.54, 1.807) is 18.2 Å². The minimum atomic E-state index is -0.456. The van der Waals surface area contributed by atoms with Crippen molar-refractivity contribution in [2.45, 2.75) is 38.5 Å². The van der Waals surface area contributed by atoms with Crippen LogP contribution in [0.3, 0.4) is 0 Å². The molecule has 14 nitrogen and oxygen atoms in total. The van der Waals surface area contributed by atoms with Crippen LogP contribution in [0.5, 0.6) is 0 Å². The average Bonchev–Trinajstić information content (AvgIpc) is 2.91. The van der Waals surface area contributed by atoms with Crippen molar-refractivity contribution in [1.29, 1.82) is 0 Å². The number of rotatable bonds is 6. The molecule has 230 valence electrons. The van der Waals surface area contributed by atoms with Crippen LogP contribution >= 0.6 is 12.4 Å². The van der Waals surface area contributed by atoms with Crippen LogP contribution in [-0.2, 0) is 0 Å². The Labute approximate surface area is 246 Å². The lowest BCUT2D eigenvalue weighted by Crippen LogP contribution is -2.34. The largest absolute Gasteiger partial charge is 0.344 e. The molecule has 0 atom stereocenters. The van der Waals surface area contributed by atoms with Crippen molar-refractivity contribution in [3.8, 4) is 0 Å². The van der Waals surface area contributed by atoms with Crippen LogP contribution in [0.1, 0.15) is 54.6 Å². The average molecular weight is 587 g/mol. The highest BCUT2D eigenvalue weighted by Crippen LogP contribution is 2.24. The van der Waals surface area contributed by atoms with E-state index in [0.29, 0.717) is 11.6 Å². The number of benzene rings is 1. The fourth-order valence-electron chi connectivity index (χ4n) is 4.45. The van der Waals surface area contributed by atoms with Crippen LogP contribution in [0.15, 0.2) is 47.4 Å². The van der Waals surface area contributed by atoms with Crippen LogP contribution in [0.4, 0.5) is 29.2 Å². The number of aromatic amines is 1. The normalized spacial score (nSPS) is 14.1. The van der Waals surface area contributed by atoms with Crippen molar-refractivity contribution >= 4 is 47.5 Å². The first-order valence-corrected chi connectivity index (χ1v) is 12.3. The van der Waals surface area contributed by atoms with E-state index in [9.17, 15) is 9.59 Å². The SMILES string of the molecule is Cl.N.N.N.N.O=C(Nc1ccc(Nc2nc(N3CCCCC3)nc(N3CCCCC3)n2)cc1)c1ccc[nH]c1=O.[HH].[HH].[HH].[HH]. The van der Waals surface area contributed by atoms with Gasteiger partial charge in [0.05, 0.1) is 0 Å². The number of carbonyl (C=O) groups excluding carboxylic acids is 1. The van der Waals surface area contributed by atoms with Gasteiger partial charge in [0, 0.05) is 49.5 Å². The van der Waals surface area contributed by atoms with Crippen molar-refractivity contribution in [3.05, 3.63) is 58.5 Å². The molecule has 2 saturated heterocycles. The summed E-state index contributed by atoms with van der Waals surface area (Å²) in [6, 6.07) is 10.3. The van der Waals surface area contributed by atoms with Gasteiger partial charge < -0.3 is 50.0 Å². The molecule has 40 heavy (non-hydrogen) atoms. The second-order valence-electron chi connectivity index (χ2n) is 8.92. The van der Waals surface area contributed by atoms with E-state index in [1.165, 1.54) is 25.1 Å². The summed E-state index contributed by atoms with van der Waals surface area (Å²) in [5.41, 5.74) is 1.02. The third-order valence-corrected chi connectivity index (χ3v) is 6.35. The molecule has 0 unspecified atom stereocenters. The van der Waals surface area contributed by atoms with E-state index in [1.807, 2.05) is 12.1 Å². The Morgan fingerprint density at radius 2 is 1.25 bits per heavy atom. The maximum atomic E-state index is 12.4. The van der Waals surface area contributed by atoms with E-state index in [-0.39, 0.29) is 48.3 Å². The summed E-state index contributed by atoms with van der Waals surface area (Å²) in [4.78, 5) is 45.5. The lowest BCUT2D eigenvalue weighted by atomic mass is 10.1. The Kier molecular flexibility index (Phi) is 15.4. The van der Waals surface area contributed by atoms with Gasteiger partial charge in [-0.05, 0) is 74.9 Å². The van der Waals surface area contributed by atoms with Gasteiger partial charge in [0.15, 0.2) is 0 Å². The summed E-state index contributed by atoms with van der Waals surface area (Å²) >= 11 is 0. The number of hydrogen-bond donors (Lipinski definition) is 7. The molecule has 2 aliphatic rings. The highest BCUT2D eigenvalue weighted by atomic mass is 35.5. The third-order valence-electron chi connectivity index (χ3n) is 6.35. The molecular formula is C25H51ClN12O2. The summed E-state index contributed by atoms with van der Waals surface area (Å²) in [6.45, 7) is 3.84. The Morgan fingerprint density at radius 1 is 0.750 bits per heavy atom. The second kappa shape index (κ2) is 17.0. The zero-order valence-electron chi connectivity index (χ0n) is 22.9. The summed E-state index contributed by atoms with van der Waals surface area (Å²) in [7, 11) is 0. The van der Waals surface area contributed by atoms with Crippen molar-refractivity contribution < 1.29 is 10.5 Å². The molecule has 2 fully saturated rings. The summed E-state index contributed by atoms with van der Waals surface area (Å²) in [5.74, 6) is 1.50. The van der Waals surface area contributed by atoms with Gasteiger partial charge in [-0.25, -0.2) is 0 Å². The second-order valence-corrected chi connectivity index (χ2v) is 8.92. The maximum absolute atomic E-state index is 12.4. The van der Waals surface area contributed by atoms with Gasteiger partial charge in [0.2, 0.25) is 17.8 Å². The van der Waals surface area contributed by atoms with Crippen LogP contribution in [0.25, 0.3) is 0 Å². The fourth-order valence-corrected chi connectivity index (χ4v) is 4.45. The Balaban J connectivity index is -0.000000563. The molecule has 15 heteroatoms. The summed E-state index contributed by atoms with van der Waals surface area (Å²) in [6.07, 6.45) is 8.57. The molecule has 5 rings (SSSR count). The Morgan fingerprint density at radius 3 is 1.75 bits per heavy atom. The first-order valence-electron chi connectivity index (χ1n) is 12.3. The zero-order valence-corrected chi connectivity index (χ0v) is 23.7. The number of H-pyrrole nitrogens is 1. The molecule has 4 heterocycles. The molecule has 2 aromatic heterocycles. The molecule has 0 radical (unpaired) electrons. The maximum Gasteiger partial charge on any atom is 0.261 e. The smallest absolute Gasteiger partial charge is 0.261 e. The highest BCUT2D eigenvalue weighted by Gasteiger charge is 2.20. The van der Waals surface area contributed by atoms with Crippen molar-refractivity contribution in [2.24, 2.45) is 0 Å². The Bertz CT molecular complexity index is 1210. The van der Waals surface area contributed by atoms with Crippen molar-refractivity contribution in [1.82, 2.24) is 44.5 Å². The van der Waals surface area contributed by atoms with Crippen LogP contribution in [0, 0.1) is 0 Å². The van der Waals surface area contributed by atoms with Crippen molar-refractivity contribution in [2.75, 3.05) is 46.6 Å². The first-order chi connectivity index (χ1) is 17.2. The lowest BCUT2D eigenvalue weighted by Gasteiger charge is -2.30. The van der Waals surface area contributed by atoms with Crippen molar-refractivity contribution in [3.63, 3.8) is 0 Å². The number of halogens is 1. The molecule has 1 amide bonds. The highest BCUT2D eigenvalue weighted by molar-refractivity contribution is 6.04. The third kappa shape index (κ3) is 8.86. The number of carbonyl (C=O) groups is 1. The van der Waals surface area contributed by atoms with Gasteiger partial charge >= 0.3 is 0 Å². The van der Waals surface area contributed by atoms with E-state index in [4.69, 9.17) is 15.0 Å². The molecule has 0 aliphatic carbocycles. The lowest BCUT2D eigenvalue weighted by molar-refractivity contribution is 0.102. The van der Waals surface area contributed by atoms with Crippen LogP contribution in [-0.4, -0.2) is 52.0 Å². The number of piperidine rings is 2. The molecule has 15 N–H and O–H groups in total. The van der Waals surface area contributed by atoms with Gasteiger partial charge in [-0.1, -0.05) is 0 Å². The van der Waals surface area contributed by atoms with E-state index in [2.05, 4.69) is 25.4 Å². The number of hydrogen-bond acceptors (Lipinski definition) is 12. The van der Waals surface area contributed by atoms with E-state index < -0.39 is 11.5 Å². The molecule has 1 aromatic carbocycles. The quantitative estimate of drug-likeness (QED) is 0.186. The fraction of sp³-hybridized carbons (Fsp3) is 0.400. The number of nitrogens with zero attached hydrogens (tertiary/aromatic N) is 5. The molecule has 0 saturated carbocycles. The predicted molar refractivity (Wildman–Crippen MR) is 172 cm³/mol. The summed E-state index contributed by atoms with van der Waals surface area (Å²) < 4.78 is 0. The monoisotopic (exact) mass is 586 g/mol. The van der Waals surface area contributed by atoms with Gasteiger partial charge in [-0.3, -0.25) is 9.59 Å².